The minimum absolute atomic E-state index is 0.00283. The molecule has 0 radical (unpaired) electrons. The van der Waals surface area contributed by atoms with Crippen molar-refractivity contribution in [2.75, 3.05) is 0 Å². The third-order valence-corrected chi connectivity index (χ3v) is 28.8. The largest absolute Gasteiger partial charge is 0.144 e. The SMILES string of the molecule is CCCCC(CC)CC1(CC(CC)CCCC)c2cc(-c3ccc4c(c3)C(CC(C)CC)(CC(C)CC)c3cc(-c5ccc6c(c5)C(CC(C)CC)(CC(C)CC)c5cc(-c7ccc8c(c7)C(CC(C)CC)(CC(C)CC)c7ccccc7-8)ccc5-6)ccc3-4)ccc2-c2ccc(-c3cccs3)cc21. The number of fused-ring (bicyclic) bond motifs is 12. The quantitative estimate of drug-likeness (QED) is 0.0377. The molecule has 1 heterocycles. The van der Waals surface area contributed by atoms with Gasteiger partial charge >= 0.3 is 0 Å². The number of rotatable bonds is 34. The second-order valence-corrected chi connectivity index (χ2v) is 35.7. The summed E-state index contributed by atoms with van der Waals surface area (Å²) in [6.45, 7) is 39.5. The van der Waals surface area contributed by atoms with E-state index in [0.717, 1.165) is 25.7 Å². The van der Waals surface area contributed by atoms with Gasteiger partial charge in [0.2, 0.25) is 0 Å². The van der Waals surface area contributed by atoms with Gasteiger partial charge in [-0.15, -0.1) is 11.3 Å². The Hall–Kier alpha value is -6.54. The number of benzene rings is 8. The smallest absolute Gasteiger partial charge is 0.0342 e. The molecule has 0 saturated carbocycles. The Balaban J connectivity index is 0.934. The van der Waals surface area contributed by atoms with E-state index in [1.807, 2.05) is 11.3 Å². The number of unbranched alkanes of at least 4 members (excludes halogenated alkanes) is 2. The molecule has 0 fully saturated rings. The Kier molecular flexibility index (Phi) is 22.8. The standard InChI is InChI=1S/C102H128S/c1-17-27-32-73(25-9)65-102(66-74(26-10)33-28-18-2)96-57-80(42-49-88(96)89-50-43-81(58-97(89)102)98-36-31-51-103-98)79-41-48-87-86-47-40-78(55-94(86)101(95(87)56-79,63-71(15)23-7)64-72(16)24-8)77-39-46-85-84-45-38-76(53-92(84)100(93(85)54-77,61-69(13)21-5)62-70(14)22-6)75-37-44-83-82-34-29-30-35-90(82)99(91(83)52-75,59-67(11)19-3)60-68(12)20-4/h29-31,34-58,67-74H,17-28,32-33,59-66H2,1-16H3. The molecule has 0 amide bonds. The first-order valence-electron chi connectivity index (χ1n) is 42.1. The maximum atomic E-state index is 2.75. The summed E-state index contributed by atoms with van der Waals surface area (Å²) < 4.78 is 0. The fraction of sp³-hybridized carbons (Fsp3) is 0.490. The minimum atomic E-state index is -0.138. The summed E-state index contributed by atoms with van der Waals surface area (Å²) in [5.74, 6) is 4.83. The van der Waals surface area contributed by atoms with Crippen molar-refractivity contribution in [1.29, 1.82) is 0 Å². The normalized spacial score (nSPS) is 21.1. The van der Waals surface area contributed by atoms with E-state index in [1.54, 1.807) is 44.5 Å². The zero-order valence-electron chi connectivity index (χ0n) is 66.7. The molecule has 103 heavy (non-hydrogen) atoms. The lowest BCUT2D eigenvalue weighted by Crippen LogP contribution is -2.31. The molecule has 0 bridgehead atoms. The summed E-state index contributed by atoms with van der Waals surface area (Å²) in [4.78, 5) is 1.38. The van der Waals surface area contributed by atoms with Crippen molar-refractivity contribution in [1.82, 2.24) is 0 Å². The van der Waals surface area contributed by atoms with Crippen molar-refractivity contribution in [3.63, 3.8) is 0 Å². The van der Waals surface area contributed by atoms with Crippen LogP contribution < -0.4 is 0 Å². The number of hydrogen-bond donors (Lipinski definition) is 0. The van der Waals surface area contributed by atoms with Gasteiger partial charge in [0, 0.05) is 26.5 Å². The van der Waals surface area contributed by atoms with Gasteiger partial charge in [-0.2, -0.15) is 0 Å². The molecule has 0 spiro atoms. The Morgan fingerprint density at radius 3 is 0.767 bits per heavy atom. The van der Waals surface area contributed by atoms with Gasteiger partial charge in [0.05, 0.1) is 0 Å². The Morgan fingerprint density at radius 1 is 0.252 bits per heavy atom. The van der Waals surface area contributed by atoms with E-state index in [0.29, 0.717) is 47.3 Å². The van der Waals surface area contributed by atoms with Crippen molar-refractivity contribution in [2.24, 2.45) is 47.3 Å². The van der Waals surface area contributed by atoms with Gasteiger partial charge < -0.3 is 0 Å². The first-order chi connectivity index (χ1) is 49.9. The first kappa shape index (κ1) is 74.7. The Bertz CT molecular complexity index is 4350. The predicted octanol–water partition coefficient (Wildman–Crippen LogP) is 31.3. The molecule has 542 valence electrons. The molecule has 0 saturated heterocycles. The third-order valence-electron chi connectivity index (χ3n) is 27.9. The van der Waals surface area contributed by atoms with E-state index in [-0.39, 0.29) is 21.7 Å². The van der Waals surface area contributed by atoms with Crippen LogP contribution >= 0.6 is 11.3 Å². The van der Waals surface area contributed by atoms with Crippen molar-refractivity contribution in [3.05, 3.63) is 214 Å². The highest BCUT2D eigenvalue weighted by molar-refractivity contribution is 7.13. The lowest BCUT2D eigenvalue weighted by molar-refractivity contribution is 0.266. The van der Waals surface area contributed by atoms with Crippen molar-refractivity contribution < 1.29 is 0 Å². The van der Waals surface area contributed by atoms with E-state index in [2.05, 4.69) is 280 Å². The molecule has 0 N–H and O–H groups in total. The van der Waals surface area contributed by atoms with Gasteiger partial charge in [-0.3, -0.25) is 0 Å². The maximum absolute atomic E-state index is 2.75. The van der Waals surface area contributed by atoms with Crippen molar-refractivity contribution >= 4 is 11.3 Å². The molecular formula is C102H128S. The first-order valence-corrected chi connectivity index (χ1v) is 43.0. The zero-order valence-corrected chi connectivity index (χ0v) is 67.6. The van der Waals surface area contributed by atoms with Crippen LogP contribution in [0.5, 0.6) is 0 Å². The average Bonchev–Trinajstić information content (AvgIpc) is 1.57. The van der Waals surface area contributed by atoms with Crippen LogP contribution in [0.4, 0.5) is 0 Å². The molecule has 13 rings (SSSR count). The summed E-state index contributed by atoms with van der Waals surface area (Å²) in [5, 5.41) is 2.26. The van der Waals surface area contributed by atoms with Crippen LogP contribution in [0, 0.1) is 47.3 Å². The number of hydrogen-bond acceptors (Lipinski definition) is 1. The fourth-order valence-electron chi connectivity index (χ4n) is 21.0. The lowest BCUT2D eigenvalue weighted by Gasteiger charge is -2.39. The van der Waals surface area contributed by atoms with Gasteiger partial charge in [0.15, 0.2) is 0 Å². The van der Waals surface area contributed by atoms with E-state index < -0.39 is 0 Å². The summed E-state index contributed by atoms with van der Waals surface area (Å²) in [6.07, 6.45) is 26.7. The van der Waals surface area contributed by atoms with Gasteiger partial charge in [-0.05, 0) is 281 Å². The Morgan fingerprint density at radius 2 is 0.505 bits per heavy atom. The third kappa shape index (κ3) is 13.7. The van der Waals surface area contributed by atoms with Crippen molar-refractivity contribution in [2.45, 2.75) is 274 Å². The van der Waals surface area contributed by atoms with Crippen LogP contribution in [0.3, 0.4) is 0 Å². The summed E-state index contributed by atoms with van der Waals surface area (Å²) in [7, 11) is 0. The maximum Gasteiger partial charge on any atom is 0.0342 e. The number of thiophene rings is 1. The molecule has 0 nitrogen and oxygen atoms in total. The second kappa shape index (κ2) is 31.5. The molecule has 1 aromatic heterocycles. The minimum Gasteiger partial charge on any atom is -0.144 e. The van der Waals surface area contributed by atoms with Crippen molar-refractivity contribution in [3.8, 4) is 88.3 Å². The van der Waals surface area contributed by atoms with Crippen LogP contribution in [-0.4, -0.2) is 0 Å². The molecule has 9 aromatic rings. The topological polar surface area (TPSA) is 0 Å². The highest BCUT2D eigenvalue weighted by atomic mass is 32.1. The molecule has 8 aromatic carbocycles. The molecule has 4 aliphatic carbocycles. The summed E-state index contributed by atoms with van der Waals surface area (Å²) in [6, 6.07) is 68.5. The van der Waals surface area contributed by atoms with Gasteiger partial charge in [-0.1, -0.05) is 316 Å². The average molecular weight is 1390 g/mol. The van der Waals surface area contributed by atoms with E-state index in [4.69, 9.17) is 0 Å². The molecule has 8 atom stereocenters. The second-order valence-electron chi connectivity index (χ2n) is 34.7. The summed E-state index contributed by atoms with van der Waals surface area (Å²) in [5.41, 5.74) is 33.5. The predicted molar refractivity (Wildman–Crippen MR) is 451 cm³/mol. The fourth-order valence-corrected chi connectivity index (χ4v) is 21.7. The van der Waals surface area contributed by atoms with Gasteiger partial charge in [0.25, 0.3) is 0 Å². The molecule has 4 aliphatic rings. The molecule has 0 aliphatic heterocycles. The molecule has 8 unspecified atom stereocenters. The van der Waals surface area contributed by atoms with E-state index in [9.17, 15) is 0 Å². The highest BCUT2D eigenvalue weighted by Gasteiger charge is 2.50. The summed E-state index contributed by atoms with van der Waals surface area (Å²) >= 11 is 1.89. The van der Waals surface area contributed by atoms with Gasteiger partial charge in [-0.25, -0.2) is 0 Å². The van der Waals surface area contributed by atoms with Gasteiger partial charge in [0.1, 0.15) is 0 Å². The highest BCUT2D eigenvalue weighted by Crippen LogP contribution is 2.63. The zero-order chi connectivity index (χ0) is 72.5. The van der Waals surface area contributed by atoms with Crippen LogP contribution in [0.2, 0.25) is 0 Å². The van der Waals surface area contributed by atoms with Crippen LogP contribution in [-0.2, 0) is 21.7 Å². The van der Waals surface area contributed by atoms with Crippen LogP contribution in [0.25, 0.3) is 88.3 Å². The molecule has 1 heteroatoms. The van der Waals surface area contributed by atoms with E-state index in [1.165, 1.54) is 204 Å². The van der Waals surface area contributed by atoms with Crippen LogP contribution in [0.1, 0.15) is 297 Å². The monoisotopic (exact) mass is 1380 g/mol. The van der Waals surface area contributed by atoms with Crippen LogP contribution in [0.15, 0.2) is 169 Å². The van der Waals surface area contributed by atoms with E-state index >= 15 is 0 Å². The molecular weight excluding hydrogens is 1260 g/mol. The lowest BCUT2D eigenvalue weighted by atomic mass is 9.64. The Labute approximate surface area is 630 Å².